The van der Waals surface area contributed by atoms with Crippen LogP contribution in [0, 0.1) is 0 Å². The first kappa shape index (κ1) is 11.8. The highest BCUT2D eigenvalue weighted by molar-refractivity contribution is 5.81. The Bertz CT molecular complexity index is 708. The van der Waals surface area contributed by atoms with Crippen molar-refractivity contribution in [3.63, 3.8) is 0 Å². The van der Waals surface area contributed by atoms with Crippen molar-refractivity contribution in [3.8, 4) is 22.6 Å². The molecule has 1 atom stereocenters. The van der Waals surface area contributed by atoms with Gasteiger partial charge in [-0.25, -0.2) is 0 Å². The quantitative estimate of drug-likeness (QED) is 0.771. The van der Waals surface area contributed by atoms with Crippen LogP contribution in [0.1, 0.15) is 22.7 Å². The summed E-state index contributed by atoms with van der Waals surface area (Å²) in [5.74, 6) is 0.568. The summed E-state index contributed by atoms with van der Waals surface area (Å²) < 4.78 is 0. The average Bonchev–Trinajstić information content (AvgIpc) is 2.44. The number of aromatic hydroxyl groups is 2. The Labute approximate surface area is 118 Å². The topological polar surface area (TPSA) is 43.7 Å². The molecule has 0 bridgehead atoms. The van der Waals surface area contributed by atoms with Crippen molar-refractivity contribution in [2.45, 2.75) is 18.9 Å². The zero-order valence-corrected chi connectivity index (χ0v) is 11.4. The molecule has 0 amide bonds. The predicted molar refractivity (Wildman–Crippen MR) is 78.0 cm³/mol. The Kier molecular flexibility index (Phi) is 2.36. The molecular formula is C17H17NO2. The van der Waals surface area contributed by atoms with Gasteiger partial charge in [-0.05, 0) is 60.3 Å². The zero-order valence-electron chi connectivity index (χ0n) is 11.4. The first-order valence-corrected chi connectivity index (χ1v) is 7.02. The van der Waals surface area contributed by atoms with Gasteiger partial charge in [-0.2, -0.15) is 0 Å². The number of phenolic OH excluding ortho intramolecular Hbond substituents is 2. The van der Waals surface area contributed by atoms with Gasteiger partial charge in [0.05, 0.1) is 0 Å². The molecule has 4 rings (SSSR count). The van der Waals surface area contributed by atoms with Gasteiger partial charge in [0.1, 0.15) is 11.5 Å². The van der Waals surface area contributed by atoms with E-state index in [1.165, 1.54) is 16.7 Å². The van der Waals surface area contributed by atoms with Crippen molar-refractivity contribution in [1.82, 2.24) is 4.90 Å². The minimum Gasteiger partial charge on any atom is -0.508 e. The van der Waals surface area contributed by atoms with E-state index in [9.17, 15) is 10.2 Å². The lowest BCUT2D eigenvalue weighted by molar-refractivity contribution is 0.227. The maximum atomic E-state index is 10.3. The van der Waals surface area contributed by atoms with Crippen molar-refractivity contribution in [2.75, 3.05) is 13.6 Å². The van der Waals surface area contributed by atoms with E-state index in [1.54, 1.807) is 18.2 Å². The molecule has 0 saturated carbocycles. The molecule has 0 aromatic heterocycles. The molecule has 2 aromatic rings. The lowest BCUT2D eigenvalue weighted by Crippen LogP contribution is -2.35. The molecule has 3 heteroatoms. The number of benzene rings is 2. The van der Waals surface area contributed by atoms with Gasteiger partial charge in [0.25, 0.3) is 0 Å². The number of nitrogens with zero attached hydrogens (tertiary/aromatic N) is 1. The summed E-state index contributed by atoms with van der Waals surface area (Å²) in [5.41, 5.74) is 5.66. The van der Waals surface area contributed by atoms with E-state index in [0.29, 0.717) is 11.8 Å². The number of phenols is 2. The molecule has 0 spiro atoms. The van der Waals surface area contributed by atoms with Crippen molar-refractivity contribution in [2.24, 2.45) is 0 Å². The third kappa shape index (κ3) is 1.50. The second kappa shape index (κ2) is 4.00. The lowest BCUT2D eigenvalue weighted by Gasteiger charge is -2.39. The van der Waals surface area contributed by atoms with Gasteiger partial charge < -0.3 is 10.2 Å². The van der Waals surface area contributed by atoms with E-state index >= 15 is 0 Å². The number of hydrogen-bond donors (Lipinski definition) is 2. The Morgan fingerprint density at radius 2 is 1.90 bits per heavy atom. The lowest BCUT2D eigenvalue weighted by atomic mass is 9.77. The van der Waals surface area contributed by atoms with Crippen LogP contribution >= 0.6 is 0 Å². The summed E-state index contributed by atoms with van der Waals surface area (Å²) in [5, 5.41) is 20.1. The number of rotatable bonds is 0. The monoisotopic (exact) mass is 267 g/mol. The van der Waals surface area contributed by atoms with E-state index < -0.39 is 0 Å². The molecule has 1 aliphatic carbocycles. The summed E-state index contributed by atoms with van der Waals surface area (Å²) >= 11 is 0. The molecule has 0 saturated heterocycles. The van der Waals surface area contributed by atoms with Crippen LogP contribution in [0.15, 0.2) is 30.3 Å². The van der Waals surface area contributed by atoms with Gasteiger partial charge in [-0.3, -0.25) is 4.90 Å². The van der Waals surface area contributed by atoms with Crippen LogP contribution in [0.2, 0.25) is 0 Å². The van der Waals surface area contributed by atoms with Gasteiger partial charge in [0.15, 0.2) is 0 Å². The Balaban J connectivity index is 2.06. The third-order valence-corrected chi connectivity index (χ3v) is 4.69. The van der Waals surface area contributed by atoms with E-state index in [-0.39, 0.29) is 5.75 Å². The number of likely N-dealkylation sites (N-methyl/N-ethyl adjacent to an activating group) is 1. The molecular weight excluding hydrogens is 250 g/mol. The Morgan fingerprint density at radius 3 is 2.75 bits per heavy atom. The fourth-order valence-electron chi connectivity index (χ4n) is 3.65. The van der Waals surface area contributed by atoms with Gasteiger partial charge >= 0.3 is 0 Å². The highest BCUT2D eigenvalue weighted by Gasteiger charge is 2.34. The fourth-order valence-corrected chi connectivity index (χ4v) is 3.65. The van der Waals surface area contributed by atoms with Crippen molar-refractivity contribution >= 4 is 0 Å². The van der Waals surface area contributed by atoms with Crippen LogP contribution in [0.5, 0.6) is 11.5 Å². The highest BCUT2D eigenvalue weighted by atomic mass is 16.3. The minimum absolute atomic E-state index is 0.253. The highest BCUT2D eigenvalue weighted by Crippen LogP contribution is 2.48. The Morgan fingerprint density at radius 1 is 1.10 bits per heavy atom. The molecule has 3 nitrogen and oxygen atoms in total. The normalized spacial score (nSPS) is 20.4. The smallest absolute Gasteiger partial charge is 0.123 e. The molecule has 2 aromatic carbocycles. The van der Waals surface area contributed by atoms with E-state index in [4.69, 9.17) is 0 Å². The van der Waals surface area contributed by atoms with Crippen LogP contribution in [0.4, 0.5) is 0 Å². The molecule has 0 unspecified atom stereocenters. The summed E-state index contributed by atoms with van der Waals surface area (Å²) in [6.45, 7) is 1.05. The maximum Gasteiger partial charge on any atom is 0.123 e. The van der Waals surface area contributed by atoms with Crippen LogP contribution in [-0.4, -0.2) is 28.7 Å². The number of hydrogen-bond acceptors (Lipinski definition) is 3. The van der Waals surface area contributed by atoms with Crippen LogP contribution in [-0.2, 0) is 12.8 Å². The fraction of sp³-hybridized carbons (Fsp3) is 0.294. The first-order valence-electron chi connectivity index (χ1n) is 7.02. The SMILES string of the molecule is CN1CCc2ccc(O)c3c2[C@H]1Cc1ccc(O)cc1-3. The molecule has 102 valence electrons. The van der Waals surface area contributed by atoms with Crippen LogP contribution in [0.3, 0.4) is 0 Å². The molecule has 2 aliphatic rings. The van der Waals surface area contributed by atoms with E-state index in [2.05, 4.69) is 11.9 Å². The average molecular weight is 267 g/mol. The third-order valence-electron chi connectivity index (χ3n) is 4.69. The Hall–Kier alpha value is -2.00. The molecule has 2 N–H and O–H groups in total. The maximum absolute atomic E-state index is 10.3. The summed E-state index contributed by atoms with van der Waals surface area (Å²) in [4.78, 5) is 2.36. The van der Waals surface area contributed by atoms with E-state index in [0.717, 1.165) is 30.5 Å². The summed E-state index contributed by atoms with van der Waals surface area (Å²) in [6, 6.07) is 9.64. The molecule has 0 fully saturated rings. The van der Waals surface area contributed by atoms with Gasteiger partial charge in [0, 0.05) is 18.2 Å². The number of fused-ring (bicyclic) bond motifs is 2. The summed E-state index contributed by atoms with van der Waals surface area (Å²) in [7, 11) is 2.15. The first-order chi connectivity index (χ1) is 9.65. The van der Waals surface area contributed by atoms with Gasteiger partial charge in [-0.15, -0.1) is 0 Å². The largest absolute Gasteiger partial charge is 0.508 e. The van der Waals surface area contributed by atoms with Crippen molar-refractivity contribution in [3.05, 3.63) is 47.0 Å². The molecule has 1 aliphatic heterocycles. The standard InChI is InChI=1S/C17H17NO2/c1-18-7-6-10-3-5-15(20)17-13-9-12(19)4-2-11(13)8-14(18)16(10)17/h2-5,9,14,19-20H,6-8H2,1H3/t14-/m1/s1. The zero-order chi connectivity index (χ0) is 13.9. The van der Waals surface area contributed by atoms with E-state index in [1.807, 2.05) is 12.1 Å². The minimum atomic E-state index is 0.253. The molecule has 1 heterocycles. The second-order valence-electron chi connectivity index (χ2n) is 5.82. The van der Waals surface area contributed by atoms with Crippen molar-refractivity contribution in [1.29, 1.82) is 0 Å². The van der Waals surface area contributed by atoms with Gasteiger partial charge in [-0.1, -0.05) is 12.1 Å². The molecule has 20 heavy (non-hydrogen) atoms. The predicted octanol–water partition coefficient (Wildman–Crippen LogP) is 2.85. The van der Waals surface area contributed by atoms with Gasteiger partial charge in [0.2, 0.25) is 0 Å². The summed E-state index contributed by atoms with van der Waals surface area (Å²) in [6.07, 6.45) is 1.96. The molecule has 0 radical (unpaired) electrons. The van der Waals surface area contributed by atoms with Crippen molar-refractivity contribution < 1.29 is 10.2 Å². The second-order valence-corrected chi connectivity index (χ2v) is 5.82. The van der Waals surface area contributed by atoms with Crippen LogP contribution < -0.4 is 0 Å². The van der Waals surface area contributed by atoms with Crippen LogP contribution in [0.25, 0.3) is 11.1 Å².